The summed E-state index contributed by atoms with van der Waals surface area (Å²) in [6.45, 7) is 3.04. The molecule has 8 nitrogen and oxygen atoms in total. The maximum atomic E-state index is 7.57. The van der Waals surface area contributed by atoms with E-state index in [0.717, 1.165) is 57.5 Å². The van der Waals surface area contributed by atoms with Gasteiger partial charge in [0.25, 0.3) is 0 Å². The molecule has 0 spiro atoms. The van der Waals surface area contributed by atoms with Gasteiger partial charge >= 0.3 is 0 Å². The fourth-order valence-corrected chi connectivity index (χ4v) is 5.03. The predicted octanol–water partition coefficient (Wildman–Crippen LogP) is 13.9. The lowest BCUT2D eigenvalue weighted by atomic mass is 10.3. The van der Waals surface area contributed by atoms with Crippen LogP contribution in [0.5, 0.6) is 57.5 Å². The average molecular weight is 831 g/mol. The van der Waals surface area contributed by atoms with Crippen molar-refractivity contribution in [3.63, 3.8) is 0 Å². The normalized spacial score (nSPS) is 9.55. The van der Waals surface area contributed by atoms with E-state index in [-0.39, 0.29) is 6.61 Å². The first-order chi connectivity index (χ1) is 30.6. The predicted molar refractivity (Wildman–Crippen MR) is 249 cm³/mol. The molecule has 0 amide bonds. The molecule has 0 aliphatic carbocycles. The highest BCUT2D eigenvalue weighted by Crippen LogP contribution is 2.29. The third-order valence-corrected chi connectivity index (χ3v) is 7.65. The lowest BCUT2D eigenvalue weighted by Crippen LogP contribution is -2.08. The zero-order chi connectivity index (χ0) is 43.7. The van der Waals surface area contributed by atoms with E-state index in [1.54, 1.807) is 21.1 Å². The smallest absolute Gasteiger partial charge is 0.131 e. The second kappa shape index (κ2) is 29.7. The number of benzene rings is 8. The summed E-state index contributed by atoms with van der Waals surface area (Å²) in [5.41, 5.74) is 0. The minimum absolute atomic E-state index is 0.250. The van der Waals surface area contributed by atoms with Crippen LogP contribution >= 0.6 is 0 Å². The summed E-state index contributed by atoms with van der Waals surface area (Å²) in [4.78, 5) is 0. The van der Waals surface area contributed by atoms with Crippen molar-refractivity contribution in [2.75, 3.05) is 34.0 Å². The van der Waals surface area contributed by atoms with Crippen LogP contribution < -0.4 is 28.4 Å². The van der Waals surface area contributed by atoms with Gasteiger partial charge in [-0.05, 0) is 116 Å². The number of para-hydroxylation sites is 6. The van der Waals surface area contributed by atoms with Crippen LogP contribution in [0.2, 0.25) is 0 Å². The molecule has 318 valence electrons. The van der Waals surface area contributed by atoms with Gasteiger partial charge in [-0.2, -0.15) is 0 Å². The highest BCUT2D eigenvalue weighted by atomic mass is 16.5. The molecule has 0 radical (unpaired) electrons. The number of ether oxygens (including phenoxy) is 7. The number of hydrogen-bond acceptors (Lipinski definition) is 8. The van der Waals surface area contributed by atoms with Gasteiger partial charge in [0.05, 0.1) is 0 Å². The second-order valence-electron chi connectivity index (χ2n) is 12.7. The molecule has 8 heteroatoms. The maximum absolute atomic E-state index is 7.57. The fourth-order valence-electron chi connectivity index (χ4n) is 5.03. The quantitative estimate of drug-likeness (QED) is 0.115. The SMILES string of the molecule is CCO.COC.c1ccc(OCCOc2ccccc2)cc1.c1ccc(Oc2ccc(Oc3ccccc3)cc2)cc1.c1ccc(Oc2cccc(Oc3ccccc3)c2)cc1. The first kappa shape index (κ1) is 47.2. The van der Waals surface area contributed by atoms with Crippen molar-refractivity contribution >= 4 is 0 Å². The highest BCUT2D eigenvalue weighted by Gasteiger charge is 2.02. The topological polar surface area (TPSA) is 84.8 Å². The molecule has 0 fully saturated rings. The number of hydrogen-bond donors (Lipinski definition) is 1. The molecule has 0 aliphatic rings. The molecule has 8 aromatic carbocycles. The number of aliphatic hydroxyl groups excluding tert-OH is 1. The monoisotopic (exact) mass is 830 g/mol. The van der Waals surface area contributed by atoms with Gasteiger partial charge in [0.2, 0.25) is 0 Å². The van der Waals surface area contributed by atoms with Crippen LogP contribution in [0.3, 0.4) is 0 Å². The summed E-state index contributed by atoms with van der Waals surface area (Å²) in [6.07, 6.45) is 0. The van der Waals surface area contributed by atoms with Gasteiger partial charge in [0.1, 0.15) is 70.7 Å². The molecule has 1 N–H and O–H groups in total. The molecular formula is C54H54O8. The summed E-state index contributed by atoms with van der Waals surface area (Å²) in [5, 5.41) is 7.57. The van der Waals surface area contributed by atoms with E-state index in [1.165, 1.54) is 0 Å². The van der Waals surface area contributed by atoms with Gasteiger partial charge in [-0.25, -0.2) is 0 Å². The Kier molecular flexibility index (Phi) is 22.6. The van der Waals surface area contributed by atoms with Crippen molar-refractivity contribution in [2.45, 2.75) is 6.92 Å². The van der Waals surface area contributed by atoms with Crippen molar-refractivity contribution < 1.29 is 38.3 Å². The Labute approximate surface area is 366 Å². The standard InChI is InChI=1S/2C18H14O2.C14H14O2.2C2H6O/c1-3-8-15(9-4-1)19-17-12-7-13-18(14-17)20-16-10-5-2-6-11-16;1-3-7-15(8-4-1)19-17-11-13-18(14-12-17)20-16-9-5-2-6-10-16;1-3-7-13(8-4-1)15-11-12-16-14-9-5-2-6-10-14;1-3-2;1-2-3/h2*1-14H;1-10H,11-12H2;1-2H3;3H,2H2,1H3. The molecule has 0 bridgehead atoms. The van der Waals surface area contributed by atoms with Gasteiger partial charge < -0.3 is 38.3 Å². The fraction of sp³-hybridized carbons (Fsp3) is 0.111. The summed E-state index contributed by atoms with van der Waals surface area (Å²) in [6, 6.07) is 73.4. The Morgan fingerprint density at radius 3 is 0.742 bits per heavy atom. The molecule has 0 aromatic heterocycles. The van der Waals surface area contributed by atoms with E-state index in [9.17, 15) is 0 Å². The Balaban J connectivity index is 0.000000193. The van der Waals surface area contributed by atoms with Crippen molar-refractivity contribution in [3.05, 3.63) is 231 Å². The van der Waals surface area contributed by atoms with Crippen molar-refractivity contribution in [3.8, 4) is 57.5 Å². The summed E-state index contributed by atoms with van der Waals surface area (Å²) < 4.78 is 38.3. The van der Waals surface area contributed by atoms with Gasteiger partial charge in [0, 0.05) is 26.9 Å². The van der Waals surface area contributed by atoms with Crippen LogP contribution in [0.25, 0.3) is 0 Å². The summed E-state index contributed by atoms with van der Waals surface area (Å²) in [5.74, 6) is 8.10. The Bertz CT molecular complexity index is 2100. The molecular weight excluding hydrogens is 777 g/mol. The van der Waals surface area contributed by atoms with Crippen LogP contribution in [-0.4, -0.2) is 39.1 Å². The Hall–Kier alpha value is -7.52. The van der Waals surface area contributed by atoms with Crippen molar-refractivity contribution in [2.24, 2.45) is 0 Å². The number of methoxy groups -OCH3 is 1. The Morgan fingerprint density at radius 2 is 0.484 bits per heavy atom. The maximum Gasteiger partial charge on any atom is 0.131 e. The van der Waals surface area contributed by atoms with Crippen LogP contribution in [-0.2, 0) is 4.74 Å². The van der Waals surface area contributed by atoms with Crippen LogP contribution in [0.4, 0.5) is 0 Å². The minimum atomic E-state index is 0.250. The Morgan fingerprint density at radius 1 is 0.290 bits per heavy atom. The lowest BCUT2D eigenvalue weighted by molar-refractivity contribution is 0.217. The molecule has 0 aliphatic heterocycles. The summed E-state index contributed by atoms with van der Waals surface area (Å²) >= 11 is 0. The largest absolute Gasteiger partial charge is 0.490 e. The first-order valence-electron chi connectivity index (χ1n) is 20.1. The average Bonchev–Trinajstić information content (AvgIpc) is 3.32. The van der Waals surface area contributed by atoms with Gasteiger partial charge in [-0.15, -0.1) is 0 Å². The molecule has 0 saturated heterocycles. The van der Waals surface area contributed by atoms with Crippen molar-refractivity contribution in [1.29, 1.82) is 0 Å². The molecule has 8 rings (SSSR count). The molecule has 0 atom stereocenters. The van der Waals surface area contributed by atoms with Crippen LogP contribution in [0.15, 0.2) is 231 Å². The molecule has 8 aromatic rings. The second-order valence-corrected chi connectivity index (χ2v) is 12.7. The van der Waals surface area contributed by atoms with Gasteiger partial charge in [-0.3, -0.25) is 0 Å². The zero-order valence-corrected chi connectivity index (χ0v) is 35.4. The molecule has 0 heterocycles. The number of aliphatic hydroxyl groups is 1. The lowest BCUT2D eigenvalue weighted by Gasteiger charge is -2.08. The molecule has 62 heavy (non-hydrogen) atoms. The zero-order valence-electron chi connectivity index (χ0n) is 35.4. The minimum Gasteiger partial charge on any atom is -0.490 e. The highest BCUT2D eigenvalue weighted by molar-refractivity contribution is 5.40. The van der Waals surface area contributed by atoms with E-state index in [1.807, 2.05) is 231 Å². The number of rotatable bonds is 13. The van der Waals surface area contributed by atoms with E-state index in [2.05, 4.69) is 4.74 Å². The van der Waals surface area contributed by atoms with E-state index >= 15 is 0 Å². The summed E-state index contributed by atoms with van der Waals surface area (Å²) in [7, 11) is 3.25. The van der Waals surface area contributed by atoms with Crippen LogP contribution in [0, 0.1) is 0 Å². The molecule has 0 unspecified atom stereocenters. The molecule has 0 saturated carbocycles. The van der Waals surface area contributed by atoms with Gasteiger partial charge in [-0.1, -0.05) is 115 Å². The van der Waals surface area contributed by atoms with E-state index < -0.39 is 0 Å². The third kappa shape index (κ3) is 20.0. The van der Waals surface area contributed by atoms with E-state index in [4.69, 9.17) is 33.5 Å². The van der Waals surface area contributed by atoms with E-state index in [0.29, 0.717) is 13.2 Å². The first-order valence-corrected chi connectivity index (χ1v) is 20.1. The van der Waals surface area contributed by atoms with Crippen LogP contribution in [0.1, 0.15) is 6.92 Å². The van der Waals surface area contributed by atoms with Gasteiger partial charge in [0.15, 0.2) is 0 Å². The van der Waals surface area contributed by atoms with Crippen molar-refractivity contribution in [1.82, 2.24) is 0 Å². The third-order valence-electron chi connectivity index (χ3n) is 7.65.